The third-order valence-corrected chi connectivity index (χ3v) is 1.26. The summed E-state index contributed by atoms with van der Waals surface area (Å²) in [6.07, 6.45) is 1.67. The summed E-state index contributed by atoms with van der Waals surface area (Å²) in [7, 11) is 0. The summed E-state index contributed by atoms with van der Waals surface area (Å²) in [5, 5.41) is 7.26. The minimum Gasteiger partial charge on any atom is -0.298 e. The van der Waals surface area contributed by atoms with Crippen LogP contribution in [0.3, 0.4) is 0 Å². The molecule has 0 aromatic heterocycles. The van der Waals surface area contributed by atoms with E-state index in [1.807, 2.05) is 0 Å². The molecule has 0 heterocycles. The first kappa shape index (κ1) is 12.0. The third-order valence-electron chi connectivity index (χ3n) is 1.26. The SMILES string of the molecule is O=CNO.O=Cc1ccc(C=O)cc1. The highest BCUT2D eigenvalue weighted by molar-refractivity contribution is 5.79. The van der Waals surface area contributed by atoms with E-state index >= 15 is 0 Å². The van der Waals surface area contributed by atoms with E-state index in [0.29, 0.717) is 11.1 Å². The fourth-order valence-electron chi connectivity index (χ4n) is 0.653. The molecular formula is C9H9NO4. The molecule has 5 nitrogen and oxygen atoms in total. The maximum atomic E-state index is 10.1. The first-order valence-corrected chi connectivity index (χ1v) is 3.62. The van der Waals surface area contributed by atoms with Crippen molar-refractivity contribution in [2.75, 3.05) is 0 Å². The van der Waals surface area contributed by atoms with Gasteiger partial charge < -0.3 is 0 Å². The van der Waals surface area contributed by atoms with E-state index in [0.717, 1.165) is 12.6 Å². The predicted molar refractivity (Wildman–Crippen MR) is 48.2 cm³/mol. The molecule has 74 valence electrons. The molecule has 0 saturated carbocycles. The van der Waals surface area contributed by atoms with Gasteiger partial charge in [-0.2, -0.15) is 0 Å². The summed E-state index contributed by atoms with van der Waals surface area (Å²) >= 11 is 0. The number of nitrogens with one attached hydrogen (secondary N) is 1. The lowest BCUT2D eigenvalue weighted by Crippen LogP contribution is -1.99. The second-order valence-corrected chi connectivity index (χ2v) is 2.15. The summed E-state index contributed by atoms with van der Waals surface area (Å²) < 4.78 is 0. The van der Waals surface area contributed by atoms with Gasteiger partial charge in [0.15, 0.2) is 0 Å². The van der Waals surface area contributed by atoms with Crippen molar-refractivity contribution in [3.8, 4) is 0 Å². The molecule has 1 rings (SSSR count). The molecule has 0 radical (unpaired) electrons. The Labute approximate surface area is 80.3 Å². The average Bonchev–Trinajstić information content (AvgIpc) is 2.29. The summed E-state index contributed by atoms with van der Waals surface area (Å²) in [5.74, 6) is 0. The molecule has 14 heavy (non-hydrogen) atoms. The van der Waals surface area contributed by atoms with Crippen LogP contribution in [-0.2, 0) is 4.79 Å². The van der Waals surface area contributed by atoms with Crippen LogP contribution in [0.5, 0.6) is 0 Å². The van der Waals surface area contributed by atoms with Gasteiger partial charge in [-0.05, 0) is 0 Å². The Bertz CT molecular complexity index is 267. The number of hydroxylamine groups is 1. The summed E-state index contributed by atoms with van der Waals surface area (Å²) in [6, 6.07) is 6.43. The predicted octanol–water partition coefficient (Wildman–Crippen LogP) is 0.433. The molecule has 0 atom stereocenters. The van der Waals surface area contributed by atoms with Crippen molar-refractivity contribution in [1.29, 1.82) is 0 Å². The van der Waals surface area contributed by atoms with Crippen LogP contribution in [0.2, 0.25) is 0 Å². The fourth-order valence-corrected chi connectivity index (χ4v) is 0.653. The number of benzene rings is 1. The highest BCUT2D eigenvalue weighted by Gasteiger charge is 1.88. The molecule has 0 aliphatic rings. The van der Waals surface area contributed by atoms with Gasteiger partial charge in [-0.1, -0.05) is 24.3 Å². The molecule has 0 aliphatic carbocycles. The van der Waals surface area contributed by atoms with E-state index < -0.39 is 0 Å². The van der Waals surface area contributed by atoms with Crippen LogP contribution in [0.25, 0.3) is 0 Å². The molecule has 1 aromatic carbocycles. The molecule has 0 saturated heterocycles. The summed E-state index contributed by atoms with van der Waals surface area (Å²) in [4.78, 5) is 29.0. The Balaban J connectivity index is 0.000000364. The highest BCUT2D eigenvalue weighted by atomic mass is 16.5. The summed E-state index contributed by atoms with van der Waals surface area (Å²) in [5.41, 5.74) is 2.43. The van der Waals surface area contributed by atoms with Gasteiger partial charge in [0.2, 0.25) is 6.41 Å². The lowest BCUT2D eigenvalue weighted by molar-refractivity contribution is -0.116. The van der Waals surface area contributed by atoms with E-state index in [1.165, 1.54) is 5.48 Å². The van der Waals surface area contributed by atoms with Crippen molar-refractivity contribution in [3.63, 3.8) is 0 Å². The molecular weight excluding hydrogens is 186 g/mol. The summed E-state index contributed by atoms with van der Waals surface area (Å²) in [6.45, 7) is 0. The van der Waals surface area contributed by atoms with Crippen LogP contribution < -0.4 is 5.48 Å². The number of aldehydes is 2. The number of carbonyl (C=O) groups is 3. The molecule has 0 fully saturated rings. The smallest absolute Gasteiger partial charge is 0.230 e. The largest absolute Gasteiger partial charge is 0.298 e. The maximum absolute atomic E-state index is 10.1. The Hall–Kier alpha value is -2.01. The van der Waals surface area contributed by atoms with E-state index in [-0.39, 0.29) is 6.41 Å². The number of rotatable bonds is 3. The van der Waals surface area contributed by atoms with Gasteiger partial charge in [-0.3, -0.25) is 19.6 Å². The van der Waals surface area contributed by atoms with Gasteiger partial charge in [-0.15, -0.1) is 0 Å². The standard InChI is InChI=1S/C8H6O2.CH3NO2/c9-5-7-1-2-8(6-10)4-3-7;3-1-2-4/h1-6H;1,4H,(H,2,3). The fraction of sp³-hybridized carbons (Fsp3) is 0. The minimum absolute atomic E-state index is 0.181. The Morgan fingerprint density at radius 2 is 1.21 bits per heavy atom. The normalized spacial score (nSPS) is 7.79. The first-order chi connectivity index (χ1) is 6.78. The maximum Gasteiger partial charge on any atom is 0.230 e. The van der Waals surface area contributed by atoms with Crippen molar-refractivity contribution >= 4 is 19.0 Å². The van der Waals surface area contributed by atoms with Crippen molar-refractivity contribution in [2.45, 2.75) is 0 Å². The van der Waals surface area contributed by atoms with Gasteiger partial charge in [0.1, 0.15) is 12.6 Å². The number of carbonyl (C=O) groups excluding carboxylic acids is 3. The van der Waals surface area contributed by atoms with Crippen LogP contribution in [0.1, 0.15) is 20.7 Å². The van der Waals surface area contributed by atoms with Gasteiger partial charge in [-0.25, -0.2) is 5.48 Å². The van der Waals surface area contributed by atoms with Crippen LogP contribution in [0.4, 0.5) is 0 Å². The first-order valence-electron chi connectivity index (χ1n) is 3.62. The van der Waals surface area contributed by atoms with Crippen LogP contribution in [-0.4, -0.2) is 24.2 Å². The molecule has 0 spiro atoms. The van der Waals surface area contributed by atoms with Crippen LogP contribution in [0.15, 0.2) is 24.3 Å². The number of hydrogen-bond donors (Lipinski definition) is 2. The average molecular weight is 195 g/mol. The van der Waals surface area contributed by atoms with Gasteiger partial charge >= 0.3 is 0 Å². The topological polar surface area (TPSA) is 83.5 Å². The van der Waals surface area contributed by atoms with Crippen LogP contribution >= 0.6 is 0 Å². The lowest BCUT2D eigenvalue weighted by Gasteiger charge is -1.88. The Kier molecular flexibility index (Phi) is 6.53. The van der Waals surface area contributed by atoms with Crippen molar-refractivity contribution < 1.29 is 19.6 Å². The number of hydrogen-bond acceptors (Lipinski definition) is 4. The lowest BCUT2D eigenvalue weighted by atomic mass is 10.2. The van der Waals surface area contributed by atoms with E-state index in [2.05, 4.69) is 0 Å². The van der Waals surface area contributed by atoms with Crippen molar-refractivity contribution in [3.05, 3.63) is 35.4 Å². The molecule has 0 aliphatic heterocycles. The van der Waals surface area contributed by atoms with E-state index in [9.17, 15) is 9.59 Å². The zero-order valence-corrected chi connectivity index (χ0v) is 7.21. The molecule has 2 N–H and O–H groups in total. The molecule has 1 aromatic rings. The van der Waals surface area contributed by atoms with Crippen molar-refractivity contribution in [1.82, 2.24) is 5.48 Å². The van der Waals surface area contributed by atoms with E-state index in [4.69, 9.17) is 10.0 Å². The van der Waals surface area contributed by atoms with E-state index in [1.54, 1.807) is 24.3 Å². The zero-order valence-electron chi connectivity index (χ0n) is 7.21. The molecule has 1 amide bonds. The monoisotopic (exact) mass is 195 g/mol. The highest BCUT2D eigenvalue weighted by Crippen LogP contribution is 1.98. The Morgan fingerprint density at radius 3 is 1.36 bits per heavy atom. The van der Waals surface area contributed by atoms with Gasteiger partial charge in [0.25, 0.3) is 0 Å². The molecule has 0 bridgehead atoms. The number of amides is 1. The minimum atomic E-state index is 0.181. The Morgan fingerprint density at radius 1 is 0.929 bits per heavy atom. The second kappa shape index (κ2) is 7.63. The zero-order chi connectivity index (χ0) is 10.8. The second-order valence-electron chi connectivity index (χ2n) is 2.15. The van der Waals surface area contributed by atoms with Crippen LogP contribution in [0, 0.1) is 0 Å². The third kappa shape index (κ3) is 4.78. The van der Waals surface area contributed by atoms with Gasteiger partial charge in [0.05, 0.1) is 0 Å². The quantitative estimate of drug-likeness (QED) is 0.416. The van der Waals surface area contributed by atoms with Crippen molar-refractivity contribution in [2.24, 2.45) is 0 Å². The molecule has 0 unspecified atom stereocenters. The van der Waals surface area contributed by atoms with Gasteiger partial charge in [0, 0.05) is 11.1 Å². The molecule has 5 heteroatoms.